The summed E-state index contributed by atoms with van der Waals surface area (Å²) in [6.45, 7) is 2.55. The Labute approximate surface area is 111 Å². The van der Waals surface area contributed by atoms with E-state index in [1.54, 1.807) is 16.9 Å². The van der Waals surface area contributed by atoms with Crippen molar-refractivity contribution in [2.75, 3.05) is 18.2 Å². The first-order valence-electron chi connectivity index (χ1n) is 5.87. The third-order valence-electron chi connectivity index (χ3n) is 3.13. The Morgan fingerprint density at radius 1 is 1.47 bits per heavy atom. The average Bonchev–Trinajstić information content (AvgIpc) is 2.69. The number of hydrogen-bond donors (Lipinski definition) is 2. The number of benzene rings is 1. The quantitative estimate of drug-likeness (QED) is 0.830. The maximum atomic E-state index is 13.4. The van der Waals surface area contributed by atoms with Gasteiger partial charge in [-0.3, -0.25) is 4.68 Å². The highest BCUT2D eigenvalue weighted by atomic mass is 19.1. The fraction of sp³-hybridized carbons (Fsp3) is 0.308. The van der Waals surface area contributed by atoms with E-state index in [4.69, 9.17) is 10.5 Å². The van der Waals surface area contributed by atoms with Gasteiger partial charge in [0.25, 0.3) is 0 Å². The molecule has 5 nitrogen and oxygen atoms in total. The Hall–Kier alpha value is -2.24. The van der Waals surface area contributed by atoms with Crippen molar-refractivity contribution in [3.63, 3.8) is 0 Å². The monoisotopic (exact) mass is 264 g/mol. The summed E-state index contributed by atoms with van der Waals surface area (Å²) in [5, 5.41) is 7.32. The summed E-state index contributed by atoms with van der Waals surface area (Å²) in [7, 11) is 3.30. The van der Waals surface area contributed by atoms with Gasteiger partial charge in [0.15, 0.2) is 11.6 Å². The molecule has 2 aromatic rings. The van der Waals surface area contributed by atoms with Crippen LogP contribution < -0.4 is 15.8 Å². The van der Waals surface area contributed by atoms with Gasteiger partial charge in [0, 0.05) is 37.0 Å². The second kappa shape index (κ2) is 5.17. The van der Waals surface area contributed by atoms with Crippen molar-refractivity contribution in [1.82, 2.24) is 9.78 Å². The third kappa shape index (κ3) is 2.62. The van der Waals surface area contributed by atoms with Gasteiger partial charge in [-0.15, -0.1) is 0 Å². The topological polar surface area (TPSA) is 65.1 Å². The number of halogens is 1. The molecule has 6 heteroatoms. The van der Waals surface area contributed by atoms with Crippen LogP contribution in [0.2, 0.25) is 0 Å². The summed E-state index contributed by atoms with van der Waals surface area (Å²) < 4.78 is 20.1. The van der Waals surface area contributed by atoms with Crippen LogP contribution >= 0.6 is 0 Å². The van der Waals surface area contributed by atoms with Crippen molar-refractivity contribution < 1.29 is 9.13 Å². The number of anilines is 2. The Morgan fingerprint density at radius 2 is 2.21 bits per heavy atom. The largest absolute Gasteiger partial charge is 0.494 e. The van der Waals surface area contributed by atoms with Gasteiger partial charge in [0.2, 0.25) is 0 Å². The van der Waals surface area contributed by atoms with Gasteiger partial charge < -0.3 is 15.8 Å². The minimum Gasteiger partial charge on any atom is -0.494 e. The van der Waals surface area contributed by atoms with Gasteiger partial charge >= 0.3 is 0 Å². The first-order valence-corrected chi connectivity index (χ1v) is 5.87. The highest BCUT2D eigenvalue weighted by Crippen LogP contribution is 2.28. The second-order valence-electron chi connectivity index (χ2n) is 4.31. The van der Waals surface area contributed by atoms with Crippen molar-refractivity contribution in [3.8, 4) is 5.75 Å². The van der Waals surface area contributed by atoms with Gasteiger partial charge in [-0.1, -0.05) is 0 Å². The highest BCUT2D eigenvalue weighted by Gasteiger charge is 2.09. The van der Waals surface area contributed by atoms with E-state index in [-0.39, 0.29) is 5.75 Å². The molecule has 0 bridgehead atoms. The van der Waals surface area contributed by atoms with E-state index in [2.05, 4.69) is 10.4 Å². The molecule has 2 rings (SSSR count). The molecule has 0 saturated carbocycles. The number of nitrogen functional groups attached to an aromatic ring is 1. The number of nitrogens with zero attached hydrogens (tertiary/aromatic N) is 2. The average molecular weight is 264 g/mol. The molecule has 1 aromatic carbocycles. The summed E-state index contributed by atoms with van der Waals surface area (Å²) in [6, 6.07) is 2.80. The van der Waals surface area contributed by atoms with Crippen LogP contribution in [0.4, 0.5) is 15.8 Å². The molecule has 0 atom stereocenters. The fourth-order valence-corrected chi connectivity index (χ4v) is 1.79. The number of nitrogens with one attached hydrogen (secondary N) is 1. The summed E-state index contributed by atoms with van der Waals surface area (Å²) in [5.74, 6) is -0.303. The Balaban J connectivity index is 2.17. The molecule has 1 aromatic heterocycles. The summed E-state index contributed by atoms with van der Waals surface area (Å²) in [5.41, 5.74) is 8.89. The van der Waals surface area contributed by atoms with E-state index in [0.29, 0.717) is 17.9 Å². The van der Waals surface area contributed by atoms with E-state index in [9.17, 15) is 4.39 Å². The number of aromatic nitrogens is 2. The lowest BCUT2D eigenvalue weighted by Gasteiger charge is -2.11. The predicted octanol–water partition coefficient (Wildman–Crippen LogP) is 2.07. The third-order valence-corrected chi connectivity index (χ3v) is 3.13. The molecule has 3 N–H and O–H groups in total. The SMILES string of the molecule is COc1cc(NCc2cnn(C)c2C)c(N)cc1F. The van der Waals surface area contributed by atoms with Gasteiger partial charge in [-0.2, -0.15) is 5.10 Å². The van der Waals surface area contributed by atoms with Crippen LogP contribution in [-0.2, 0) is 13.6 Å². The minimum atomic E-state index is -0.469. The van der Waals surface area contributed by atoms with Crippen molar-refractivity contribution in [2.45, 2.75) is 13.5 Å². The zero-order valence-electron chi connectivity index (χ0n) is 11.2. The standard InChI is InChI=1S/C13H17FN4O/c1-8-9(7-17-18(8)2)6-16-12-5-13(19-3)10(14)4-11(12)15/h4-5,7,16H,6,15H2,1-3H3. The lowest BCUT2D eigenvalue weighted by Crippen LogP contribution is -2.05. The normalized spacial score (nSPS) is 10.5. The molecule has 102 valence electrons. The van der Waals surface area contributed by atoms with Crippen LogP contribution in [0, 0.1) is 12.7 Å². The van der Waals surface area contributed by atoms with E-state index in [0.717, 1.165) is 11.3 Å². The molecular formula is C13H17FN4O. The van der Waals surface area contributed by atoms with Gasteiger partial charge in [0.05, 0.1) is 24.7 Å². The fourth-order valence-electron chi connectivity index (χ4n) is 1.79. The molecule has 0 saturated heterocycles. The number of rotatable bonds is 4. The minimum absolute atomic E-state index is 0.166. The van der Waals surface area contributed by atoms with Crippen molar-refractivity contribution >= 4 is 11.4 Å². The molecule has 0 radical (unpaired) electrons. The number of ether oxygens (including phenoxy) is 1. The second-order valence-corrected chi connectivity index (χ2v) is 4.31. The lowest BCUT2D eigenvalue weighted by molar-refractivity contribution is 0.387. The van der Waals surface area contributed by atoms with Crippen molar-refractivity contribution in [1.29, 1.82) is 0 Å². The summed E-state index contributed by atoms with van der Waals surface area (Å²) in [4.78, 5) is 0. The molecule has 1 heterocycles. The molecular weight excluding hydrogens is 247 g/mol. The van der Waals surface area contributed by atoms with Crippen LogP contribution in [0.15, 0.2) is 18.3 Å². The molecule has 0 unspecified atom stereocenters. The molecule has 0 aliphatic carbocycles. The molecule has 0 aliphatic rings. The zero-order valence-corrected chi connectivity index (χ0v) is 11.2. The van der Waals surface area contributed by atoms with Crippen LogP contribution in [0.5, 0.6) is 5.75 Å². The van der Waals surface area contributed by atoms with Gasteiger partial charge in [-0.05, 0) is 6.92 Å². The predicted molar refractivity (Wildman–Crippen MR) is 72.6 cm³/mol. The van der Waals surface area contributed by atoms with E-state index in [1.807, 2.05) is 14.0 Å². The smallest absolute Gasteiger partial charge is 0.167 e. The maximum Gasteiger partial charge on any atom is 0.167 e. The van der Waals surface area contributed by atoms with Crippen molar-refractivity contribution in [2.24, 2.45) is 7.05 Å². The zero-order chi connectivity index (χ0) is 14.0. The van der Waals surface area contributed by atoms with Gasteiger partial charge in [0.1, 0.15) is 0 Å². The Kier molecular flexibility index (Phi) is 3.59. The molecule has 0 fully saturated rings. The Morgan fingerprint density at radius 3 is 2.79 bits per heavy atom. The van der Waals surface area contributed by atoms with Crippen LogP contribution in [0.25, 0.3) is 0 Å². The summed E-state index contributed by atoms with van der Waals surface area (Å²) >= 11 is 0. The van der Waals surface area contributed by atoms with E-state index < -0.39 is 5.82 Å². The van der Waals surface area contributed by atoms with Crippen LogP contribution in [-0.4, -0.2) is 16.9 Å². The van der Waals surface area contributed by atoms with E-state index >= 15 is 0 Å². The number of nitrogens with two attached hydrogens (primary N) is 1. The summed E-state index contributed by atoms with van der Waals surface area (Å²) in [6.07, 6.45) is 1.79. The molecule has 0 amide bonds. The molecule has 0 aliphatic heterocycles. The van der Waals surface area contributed by atoms with Crippen LogP contribution in [0.3, 0.4) is 0 Å². The Bertz CT molecular complexity index is 595. The van der Waals surface area contributed by atoms with Gasteiger partial charge in [-0.25, -0.2) is 4.39 Å². The highest BCUT2D eigenvalue weighted by molar-refractivity contribution is 5.68. The first-order chi connectivity index (χ1) is 9.02. The first kappa shape index (κ1) is 13.2. The van der Waals surface area contributed by atoms with Crippen molar-refractivity contribution in [3.05, 3.63) is 35.4 Å². The number of hydrogen-bond acceptors (Lipinski definition) is 4. The van der Waals surface area contributed by atoms with Crippen LogP contribution in [0.1, 0.15) is 11.3 Å². The number of aryl methyl sites for hydroxylation is 1. The van der Waals surface area contributed by atoms with E-state index in [1.165, 1.54) is 13.2 Å². The molecule has 0 spiro atoms. The molecule has 19 heavy (non-hydrogen) atoms. The lowest BCUT2D eigenvalue weighted by atomic mass is 10.2. The maximum absolute atomic E-state index is 13.4. The number of methoxy groups -OCH3 is 1.